The maximum absolute atomic E-state index is 14.1. The van der Waals surface area contributed by atoms with Crippen molar-refractivity contribution in [2.75, 3.05) is 43.0 Å². The number of rotatable bonds is 3. The summed E-state index contributed by atoms with van der Waals surface area (Å²) in [5.74, 6) is -0.281. The van der Waals surface area contributed by atoms with E-state index in [4.69, 9.17) is 0 Å². The van der Waals surface area contributed by atoms with Crippen LogP contribution in [-0.4, -0.2) is 51.9 Å². The first-order chi connectivity index (χ1) is 14.1. The lowest BCUT2D eigenvalue weighted by Crippen LogP contribution is -2.49. The summed E-state index contributed by atoms with van der Waals surface area (Å²) in [6.45, 7) is 5.34. The first-order valence-corrected chi connectivity index (χ1v) is 11.5. The number of anilines is 2. The van der Waals surface area contributed by atoms with Crippen molar-refractivity contribution in [3.63, 3.8) is 0 Å². The lowest BCUT2D eigenvalue weighted by molar-refractivity contribution is -0.119. The highest BCUT2D eigenvalue weighted by Crippen LogP contribution is 2.41. The molecule has 2 aromatic carbocycles. The van der Waals surface area contributed by atoms with Gasteiger partial charge in [0.1, 0.15) is 5.82 Å². The lowest BCUT2D eigenvalue weighted by atomic mass is 9.77. The van der Waals surface area contributed by atoms with Gasteiger partial charge in [-0.2, -0.15) is 4.31 Å². The molecule has 0 bridgehead atoms. The molecule has 0 atom stereocenters. The zero-order valence-corrected chi connectivity index (χ0v) is 18.2. The van der Waals surface area contributed by atoms with Gasteiger partial charge in [0.25, 0.3) is 0 Å². The SMILES string of the molecule is CN1C(=O)CC(C)(C)c2cc(S(=O)(=O)N3CCN(c4ccccc4F)CC3)ccc21. The summed E-state index contributed by atoms with van der Waals surface area (Å²) in [5, 5.41) is 0. The number of nitrogens with zero attached hydrogens (tertiary/aromatic N) is 3. The van der Waals surface area contributed by atoms with E-state index in [1.807, 2.05) is 18.7 Å². The average Bonchev–Trinajstić information content (AvgIpc) is 2.72. The Bertz CT molecular complexity index is 1090. The van der Waals surface area contributed by atoms with E-state index in [9.17, 15) is 17.6 Å². The number of hydrogen-bond donors (Lipinski definition) is 0. The van der Waals surface area contributed by atoms with Crippen LogP contribution in [0.15, 0.2) is 47.4 Å². The van der Waals surface area contributed by atoms with E-state index in [0.29, 0.717) is 25.2 Å². The van der Waals surface area contributed by atoms with E-state index < -0.39 is 15.4 Å². The summed E-state index contributed by atoms with van der Waals surface area (Å²) in [6, 6.07) is 11.5. The van der Waals surface area contributed by atoms with Crippen molar-refractivity contribution in [1.29, 1.82) is 0 Å². The number of piperazine rings is 1. The van der Waals surface area contributed by atoms with Crippen LogP contribution in [0.3, 0.4) is 0 Å². The fraction of sp³-hybridized carbons (Fsp3) is 0.409. The molecule has 0 radical (unpaired) electrons. The van der Waals surface area contributed by atoms with Gasteiger partial charge in [-0.25, -0.2) is 12.8 Å². The van der Waals surface area contributed by atoms with Crippen LogP contribution in [0.4, 0.5) is 15.8 Å². The summed E-state index contributed by atoms with van der Waals surface area (Å²) in [7, 11) is -1.97. The van der Waals surface area contributed by atoms with Gasteiger partial charge >= 0.3 is 0 Å². The number of halogens is 1. The summed E-state index contributed by atoms with van der Waals surface area (Å²) >= 11 is 0. The molecule has 8 heteroatoms. The second kappa shape index (κ2) is 7.35. The van der Waals surface area contributed by atoms with Crippen molar-refractivity contribution in [3.8, 4) is 0 Å². The van der Waals surface area contributed by atoms with Crippen LogP contribution in [0.25, 0.3) is 0 Å². The van der Waals surface area contributed by atoms with Crippen molar-refractivity contribution in [1.82, 2.24) is 4.31 Å². The first-order valence-electron chi connectivity index (χ1n) is 10.0. The van der Waals surface area contributed by atoms with Gasteiger partial charge in [0.05, 0.1) is 10.6 Å². The average molecular weight is 432 g/mol. The van der Waals surface area contributed by atoms with E-state index in [1.165, 1.54) is 10.4 Å². The third-order valence-corrected chi connectivity index (χ3v) is 7.99. The molecule has 4 rings (SSSR count). The predicted octanol–water partition coefficient (Wildman–Crippen LogP) is 2.98. The van der Waals surface area contributed by atoms with Crippen molar-refractivity contribution < 1.29 is 17.6 Å². The van der Waals surface area contributed by atoms with Crippen molar-refractivity contribution in [2.45, 2.75) is 30.6 Å². The van der Waals surface area contributed by atoms with Crippen LogP contribution in [0.5, 0.6) is 0 Å². The summed E-state index contributed by atoms with van der Waals surface area (Å²) < 4.78 is 42.1. The number of carbonyl (C=O) groups is 1. The molecular formula is C22H26FN3O3S. The Morgan fingerprint density at radius 3 is 2.30 bits per heavy atom. The van der Waals surface area contributed by atoms with Crippen molar-refractivity contribution in [3.05, 3.63) is 53.8 Å². The van der Waals surface area contributed by atoms with Crippen molar-refractivity contribution in [2.24, 2.45) is 0 Å². The van der Waals surface area contributed by atoms with E-state index in [0.717, 1.165) is 11.3 Å². The molecule has 30 heavy (non-hydrogen) atoms. The van der Waals surface area contributed by atoms with Gasteiger partial charge in [-0.15, -0.1) is 0 Å². The highest BCUT2D eigenvalue weighted by Gasteiger charge is 2.37. The Labute approximate surface area is 176 Å². The highest BCUT2D eigenvalue weighted by atomic mass is 32.2. The van der Waals surface area contributed by atoms with Crippen molar-refractivity contribution >= 4 is 27.3 Å². The summed E-state index contributed by atoms with van der Waals surface area (Å²) in [4.78, 5) is 15.9. The molecule has 0 saturated carbocycles. The third-order valence-electron chi connectivity index (χ3n) is 6.10. The molecule has 2 aliphatic heterocycles. The number of amides is 1. The Morgan fingerprint density at radius 1 is 0.967 bits per heavy atom. The van der Waals surface area contributed by atoms with Gasteiger partial charge < -0.3 is 9.80 Å². The van der Waals surface area contributed by atoms with Crippen LogP contribution >= 0.6 is 0 Å². The predicted molar refractivity (Wildman–Crippen MR) is 115 cm³/mol. The minimum absolute atomic E-state index is 0.0207. The van der Waals surface area contributed by atoms with Crippen LogP contribution in [-0.2, 0) is 20.2 Å². The van der Waals surface area contributed by atoms with Crippen LogP contribution in [0.2, 0.25) is 0 Å². The number of para-hydroxylation sites is 1. The lowest BCUT2D eigenvalue weighted by Gasteiger charge is -2.38. The second-order valence-corrected chi connectivity index (χ2v) is 10.5. The molecule has 0 spiro atoms. The fourth-order valence-electron chi connectivity index (χ4n) is 4.26. The van der Waals surface area contributed by atoms with Gasteiger partial charge in [-0.05, 0) is 35.9 Å². The summed E-state index contributed by atoms with van der Waals surface area (Å²) in [6.07, 6.45) is 0.335. The minimum atomic E-state index is -3.68. The second-order valence-electron chi connectivity index (χ2n) is 8.53. The molecule has 0 unspecified atom stereocenters. The standard InChI is InChI=1S/C22H26FN3O3S/c1-22(2)15-21(27)24(3)19-9-8-16(14-17(19)22)30(28,29)26-12-10-25(11-13-26)20-7-5-4-6-18(20)23/h4-9,14H,10-13,15H2,1-3H3. The molecule has 2 heterocycles. The van der Waals surface area contributed by atoms with Gasteiger partial charge in [0.2, 0.25) is 15.9 Å². The fourth-order valence-corrected chi connectivity index (χ4v) is 5.71. The number of hydrogen-bond acceptors (Lipinski definition) is 4. The molecule has 160 valence electrons. The largest absolute Gasteiger partial charge is 0.367 e. The molecule has 1 saturated heterocycles. The third kappa shape index (κ3) is 3.48. The molecule has 6 nitrogen and oxygen atoms in total. The molecular weight excluding hydrogens is 405 g/mol. The van der Waals surface area contributed by atoms with Gasteiger partial charge in [-0.1, -0.05) is 26.0 Å². The summed E-state index contributed by atoms with van der Waals surface area (Å²) in [5.41, 5.74) is 1.67. The molecule has 1 fully saturated rings. The Kier molecular flexibility index (Phi) is 5.10. The minimum Gasteiger partial charge on any atom is -0.367 e. The maximum Gasteiger partial charge on any atom is 0.243 e. The van der Waals surface area contributed by atoms with Crippen LogP contribution < -0.4 is 9.80 Å². The highest BCUT2D eigenvalue weighted by molar-refractivity contribution is 7.89. The zero-order chi connectivity index (χ0) is 21.7. The van der Waals surface area contributed by atoms with E-state index >= 15 is 0 Å². The Balaban J connectivity index is 1.58. The molecule has 2 aliphatic rings. The number of fused-ring (bicyclic) bond motifs is 1. The van der Waals surface area contributed by atoms with E-state index in [-0.39, 0.29) is 29.7 Å². The van der Waals surface area contributed by atoms with Crippen LogP contribution in [0.1, 0.15) is 25.8 Å². The number of sulfonamides is 1. The molecule has 0 aliphatic carbocycles. The number of benzene rings is 2. The van der Waals surface area contributed by atoms with E-state index in [2.05, 4.69) is 0 Å². The van der Waals surface area contributed by atoms with Gasteiger partial charge in [0, 0.05) is 50.7 Å². The molecule has 1 amide bonds. The maximum atomic E-state index is 14.1. The Hall–Kier alpha value is -2.45. The zero-order valence-electron chi connectivity index (χ0n) is 17.4. The molecule has 0 N–H and O–H groups in total. The smallest absolute Gasteiger partial charge is 0.243 e. The number of carbonyl (C=O) groups excluding carboxylic acids is 1. The van der Waals surface area contributed by atoms with E-state index in [1.54, 1.807) is 48.3 Å². The topological polar surface area (TPSA) is 60.9 Å². The normalized spacial score (nSPS) is 19.7. The van der Waals surface area contributed by atoms with Crippen LogP contribution in [0, 0.1) is 5.82 Å². The molecule has 2 aromatic rings. The van der Waals surface area contributed by atoms with Gasteiger partial charge in [0.15, 0.2) is 0 Å². The first kappa shape index (κ1) is 20.8. The Morgan fingerprint density at radius 2 is 1.63 bits per heavy atom. The quantitative estimate of drug-likeness (QED) is 0.750. The molecule has 0 aromatic heterocycles. The van der Waals surface area contributed by atoms with Gasteiger partial charge in [-0.3, -0.25) is 4.79 Å². The monoisotopic (exact) mass is 431 g/mol.